The van der Waals surface area contributed by atoms with Crippen LogP contribution in [0.5, 0.6) is 0 Å². The van der Waals surface area contributed by atoms with Gasteiger partial charge in [-0.05, 0) is 18.2 Å². The normalized spacial score (nSPS) is 9.85. The molecule has 13 heavy (non-hydrogen) atoms. The Morgan fingerprint density at radius 2 is 2.38 bits per heavy atom. The highest BCUT2D eigenvalue weighted by Gasteiger charge is 1.92. The molecule has 1 heterocycles. The number of anilines is 1. The summed E-state index contributed by atoms with van der Waals surface area (Å²) >= 11 is 0. The third-order valence-electron chi connectivity index (χ3n) is 1.34. The van der Waals surface area contributed by atoms with Gasteiger partial charge in [-0.15, -0.1) is 0 Å². The summed E-state index contributed by atoms with van der Waals surface area (Å²) in [5.74, 6) is 0. The molecule has 0 amide bonds. The predicted molar refractivity (Wildman–Crippen MR) is 51.2 cm³/mol. The second-order valence-corrected chi connectivity index (χ2v) is 2.26. The van der Waals surface area contributed by atoms with Crippen LogP contribution in [0.25, 0.3) is 0 Å². The molecule has 0 saturated carbocycles. The first kappa shape index (κ1) is 9.12. The number of allylic oxidation sites excluding steroid dienone is 1. The van der Waals surface area contributed by atoms with Crippen LogP contribution in [-0.2, 0) is 0 Å². The first-order valence-corrected chi connectivity index (χ1v) is 3.70. The smallest absolute Gasteiger partial charge is 0.168 e. The van der Waals surface area contributed by atoms with Gasteiger partial charge in [0.25, 0.3) is 0 Å². The van der Waals surface area contributed by atoms with Crippen molar-refractivity contribution < 1.29 is 4.79 Å². The molecule has 1 aromatic rings. The van der Waals surface area contributed by atoms with E-state index in [-0.39, 0.29) is 0 Å². The molecule has 0 aliphatic rings. The van der Waals surface area contributed by atoms with Crippen molar-refractivity contribution in [2.24, 2.45) is 0 Å². The molecule has 4 heteroatoms. The quantitative estimate of drug-likeness (QED) is 0.538. The number of carbonyl (C=O) groups is 1. The zero-order valence-electron chi connectivity index (χ0n) is 6.90. The van der Waals surface area contributed by atoms with E-state index in [0.29, 0.717) is 12.0 Å². The number of nitrogens with one attached hydrogen (secondary N) is 2. The second kappa shape index (κ2) is 4.82. The van der Waals surface area contributed by atoms with Gasteiger partial charge in [0.1, 0.15) is 5.69 Å². The summed E-state index contributed by atoms with van der Waals surface area (Å²) in [5.41, 5.74) is 1.16. The fourth-order valence-electron chi connectivity index (χ4n) is 0.795. The van der Waals surface area contributed by atoms with Gasteiger partial charge in [0.05, 0.1) is 0 Å². The van der Waals surface area contributed by atoms with Gasteiger partial charge < -0.3 is 10.7 Å². The van der Waals surface area contributed by atoms with E-state index in [0.717, 1.165) is 11.9 Å². The van der Waals surface area contributed by atoms with E-state index in [1.807, 2.05) is 0 Å². The molecule has 0 atom stereocenters. The number of aldehydes is 1. The Hall–Kier alpha value is -1.97. The molecule has 0 unspecified atom stereocenters. The summed E-state index contributed by atoms with van der Waals surface area (Å²) < 4.78 is 0. The lowest BCUT2D eigenvalue weighted by Crippen LogP contribution is -1.91. The molecule has 0 aromatic carbocycles. The third kappa shape index (κ3) is 2.86. The minimum Gasteiger partial charge on any atom is -0.362 e. The number of carbonyl (C=O) groups excluding carboxylic acids is 1. The molecule has 0 saturated heterocycles. The van der Waals surface area contributed by atoms with Crippen molar-refractivity contribution in [3.63, 3.8) is 0 Å². The van der Waals surface area contributed by atoms with Gasteiger partial charge in [-0.25, -0.2) is 0 Å². The van der Waals surface area contributed by atoms with E-state index in [4.69, 9.17) is 5.41 Å². The van der Waals surface area contributed by atoms with Crippen LogP contribution in [0.3, 0.4) is 0 Å². The maximum Gasteiger partial charge on any atom is 0.168 e. The molecular formula is C9H9N3O. The van der Waals surface area contributed by atoms with Crippen LogP contribution < -0.4 is 5.32 Å². The summed E-state index contributed by atoms with van der Waals surface area (Å²) in [6, 6.07) is 3.36. The topological polar surface area (TPSA) is 65.8 Å². The number of nitrogens with zero attached hydrogens (tertiary/aromatic N) is 1. The van der Waals surface area contributed by atoms with Gasteiger partial charge in [0.15, 0.2) is 6.29 Å². The molecule has 1 aromatic heterocycles. The average Bonchev–Trinajstić information content (AvgIpc) is 2.19. The molecule has 0 fully saturated rings. The van der Waals surface area contributed by atoms with Gasteiger partial charge in [0.2, 0.25) is 0 Å². The molecule has 66 valence electrons. The van der Waals surface area contributed by atoms with E-state index in [1.165, 1.54) is 0 Å². The van der Waals surface area contributed by atoms with E-state index < -0.39 is 0 Å². The molecule has 1 rings (SSSR count). The van der Waals surface area contributed by atoms with Gasteiger partial charge in [-0.2, -0.15) is 0 Å². The van der Waals surface area contributed by atoms with Crippen LogP contribution in [0.1, 0.15) is 10.5 Å². The average molecular weight is 175 g/mol. The molecule has 4 nitrogen and oxygen atoms in total. The lowest BCUT2D eigenvalue weighted by molar-refractivity contribution is 0.111. The van der Waals surface area contributed by atoms with Gasteiger partial charge in [-0.3, -0.25) is 9.78 Å². The number of hydrogen-bond donors (Lipinski definition) is 2. The Labute approximate surface area is 75.8 Å². The Balaban J connectivity index is 2.71. The predicted octanol–water partition coefficient (Wildman–Crippen LogP) is 1.47. The highest BCUT2D eigenvalue weighted by Crippen LogP contribution is 2.05. The Bertz CT molecular complexity index is 333. The number of hydrogen-bond acceptors (Lipinski definition) is 4. The summed E-state index contributed by atoms with van der Waals surface area (Å²) in [6.45, 7) is 0. The number of pyridine rings is 1. The Morgan fingerprint density at radius 3 is 3.08 bits per heavy atom. The first-order valence-electron chi connectivity index (χ1n) is 3.70. The zero-order valence-corrected chi connectivity index (χ0v) is 6.90. The van der Waals surface area contributed by atoms with Crippen molar-refractivity contribution >= 4 is 18.2 Å². The van der Waals surface area contributed by atoms with Crippen LogP contribution in [0.2, 0.25) is 0 Å². The fourth-order valence-corrected chi connectivity index (χ4v) is 0.795. The van der Waals surface area contributed by atoms with Crippen LogP contribution >= 0.6 is 0 Å². The lowest BCUT2D eigenvalue weighted by Gasteiger charge is -1.98. The molecule has 0 spiro atoms. The van der Waals surface area contributed by atoms with E-state index in [9.17, 15) is 4.79 Å². The van der Waals surface area contributed by atoms with Gasteiger partial charge in [0, 0.05) is 24.3 Å². The molecule has 2 N–H and O–H groups in total. The third-order valence-corrected chi connectivity index (χ3v) is 1.34. The van der Waals surface area contributed by atoms with Crippen molar-refractivity contribution in [1.82, 2.24) is 4.98 Å². The Kier molecular flexibility index (Phi) is 3.38. The largest absolute Gasteiger partial charge is 0.362 e. The number of rotatable bonds is 4. The van der Waals surface area contributed by atoms with Gasteiger partial charge >= 0.3 is 0 Å². The maximum atomic E-state index is 10.3. The molecule has 0 radical (unpaired) electrons. The lowest BCUT2D eigenvalue weighted by atomic mass is 10.3. The van der Waals surface area contributed by atoms with Crippen molar-refractivity contribution in [2.75, 3.05) is 5.32 Å². The summed E-state index contributed by atoms with van der Waals surface area (Å²) in [7, 11) is 0. The second-order valence-electron chi connectivity index (χ2n) is 2.26. The van der Waals surface area contributed by atoms with Crippen molar-refractivity contribution in [2.45, 2.75) is 0 Å². The summed E-state index contributed by atoms with van der Waals surface area (Å²) in [5, 5.41) is 9.62. The highest BCUT2D eigenvalue weighted by molar-refractivity contribution is 5.74. The Morgan fingerprint density at radius 1 is 1.54 bits per heavy atom. The molecule has 0 aliphatic carbocycles. The van der Waals surface area contributed by atoms with Crippen LogP contribution in [0, 0.1) is 5.41 Å². The minimum absolute atomic E-state index is 0.383. The highest BCUT2D eigenvalue weighted by atomic mass is 16.1. The van der Waals surface area contributed by atoms with Crippen LogP contribution in [0.4, 0.5) is 5.69 Å². The van der Waals surface area contributed by atoms with E-state index >= 15 is 0 Å². The van der Waals surface area contributed by atoms with Crippen LogP contribution in [0.15, 0.2) is 30.6 Å². The summed E-state index contributed by atoms with van der Waals surface area (Å²) in [6.07, 6.45) is 6.54. The molecule has 0 bridgehead atoms. The molecular weight excluding hydrogens is 166 g/mol. The van der Waals surface area contributed by atoms with Crippen LogP contribution in [-0.4, -0.2) is 17.5 Å². The van der Waals surface area contributed by atoms with Crippen molar-refractivity contribution in [3.05, 3.63) is 36.3 Å². The van der Waals surface area contributed by atoms with E-state index in [1.54, 1.807) is 30.6 Å². The first-order chi connectivity index (χ1) is 6.36. The van der Waals surface area contributed by atoms with Crippen molar-refractivity contribution in [1.29, 1.82) is 5.41 Å². The van der Waals surface area contributed by atoms with E-state index in [2.05, 4.69) is 10.3 Å². The fraction of sp³-hybridized carbons (Fsp3) is 0. The maximum absolute atomic E-state index is 10.3. The van der Waals surface area contributed by atoms with Gasteiger partial charge in [-0.1, -0.05) is 0 Å². The SMILES string of the molecule is N=C/C=C\Nc1ccnc(C=O)c1. The zero-order chi connectivity index (χ0) is 9.52. The monoisotopic (exact) mass is 175 g/mol. The summed E-state index contributed by atoms with van der Waals surface area (Å²) in [4.78, 5) is 14.2. The number of aromatic nitrogens is 1. The minimum atomic E-state index is 0.383. The molecule has 0 aliphatic heterocycles. The standard InChI is InChI=1S/C9H9N3O/c10-3-1-4-11-8-2-5-12-9(6-8)7-13/h1-7,10H,(H,11,12)/b4-1-,10-3?. The van der Waals surface area contributed by atoms with Crippen molar-refractivity contribution in [3.8, 4) is 0 Å².